The Bertz CT molecular complexity index is 184. The molecule has 0 spiro atoms. The van der Waals surface area contributed by atoms with Gasteiger partial charge in [-0.05, 0) is 20.9 Å². The first-order chi connectivity index (χ1) is 6.15. The lowest BCUT2D eigenvalue weighted by atomic mass is 10.3. The van der Waals surface area contributed by atoms with Gasteiger partial charge in [-0.1, -0.05) is 0 Å². The van der Waals surface area contributed by atoms with Gasteiger partial charge >= 0.3 is 5.97 Å². The van der Waals surface area contributed by atoms with Crippen molar-refractivity contribution in [3.8, 4) is 0 Å². The molecule has 0 saturated carbocycles. The average Bonchev–Trinajstić information content (AvgIpc) is 2.51. The molecule has 13 heavy (non-hydrogen) atoms. The summed E-state index contributed by atoms with van der Waals surface area (Å²) in [4.78, 5) is 15.7. The Morgan fingerprint density at radius 3 is 2.69 bits per heavy atom. The van der Waals surface area contributed by atoms with Crippen LogP contribution in [0.5, 0.6) is 0 Å². The van der Waals surface area contributed by atoms with E-state index in [1.54, 1.807) is 0 Å². The first-order valence-electron chi connectivity index (χ1n) is 4.74. The molecule has 0 aromatic heterocycles. The van der Waals surface area contributed by atoms with Crippen LogP contribution in [-0.2, 0) is 9.53 Å². The number of ether oxygens (including phenoxy) is 1. The number of likely N-dealkylation sites (N-methyl/N-ethyl adjacent to an activating group) is 1. The van der Waals surface area contributed by atoms with E-state index in [1.807, 2.05) is 13.8 Å². The van der Waals surface area contributed by atoms with E-state index in [-0.39, 0.29) is 12.0 Å². The number of hydrogen-bond donors (Lipinski definition) is 0. The second kappa shape index (κ2) is 4.58. The molecule has 0 unspecified atom stereocenters. The van der Waals surface area contributed by atoms with Crippen molar-refractivity contribution in [1.82, 2.24) is 9.80 Å². The van der Waals surface area contributed by atoms with Gasteiger partial charge in [0, 0.05) is 13.1 Å². The molecule has 1 fully saturated rings. The zero-order valence-electron chi connectivity index (χ0n) is 8.62. The summed E-state index contributed by atoms with van der Waals surface area (Å²) in [5, 5.41) is 0. The van der Waals surface area contributed by atoms with Gasteiger partial charge in [0.15, 0.2) is 0 Å². The summed E-state index contributed by atoms with van der Waals surface area (Å²) in [7, 11) is 2.05. The minimum absolute atomic E-state index is 0.107. The molecule has 1 saturated heterocycles. The van der Waals surface area contributed by atoms with Gasteiger partial charge in [0.2, 0.25) is 0 Å². The Balaban J connectivity index is 2.38. The maximum Gasteiger partial charge on any atom is 0.323 e. The number of nitrogens with zero attached hydrogens (tertiary/aromatic N) is 2. The first kappa shape index (κ1) is 10.5. The molecular formula is C9H18N2O2. The van der Waals surface area contributed by atoms with Crippen molar-refractivity contribution in [3.63, 3.8) is 0 Å². The first-order valence-corrected chi connectivity index (χ1v) is 4.74. The Kier molecular flexibility index (Phi) is 3.69. The molecule has 0 aromatic rings. The molecule has 0 radical (unpaired) electrons. The highest BCUT2D eigenvalue weighted by Crippen LogP contribution is 2.08. The van der Waals surface area contributed by atoms with Crippen LogP contribution in [0.15, 0.2) is 0 Å². The van der Waals surface area contributed by atoms with Crippen molar-refractivity contribution in [3.05, 3.63) is 0 Å². The third kappa shape index (κ3) is 2.67. The van der Waals surface area contributed by atoms with Gasteiger partial charge in [-0.3, -0.25) is 14.6 Å². The van der Waals surface area contributed by atoms with Crippen molar-refractivity contribution < 1.29 is 9.53 Å². The molecule has 4 nitrogen and oxygen atoms in total. The lowest BCUT2D eigenvalue weighted by Gasteiger charge is -2.21. The van der Waals surface area contributed by atoms with E-state index in [0.29, 0.717) is 6.61 Å². The summed E-state index contributed by atoms with van der Waals surface area (Å²) < 4.78 is 4.95. The molecule has 0 N–H and O–H groups in total. The highest BCUT2D eigenvalue weighted by atomic mass is 16.5. The standard InChI is InChI=1S/C9H18N2O2/c1-4-13-9(12)8(2)11-6-5-10(3)7-11/h8H,4-7H2,1-3H3/t8-/m1/s1. The Labute approximate surface area is 79.4 Å². The number of esters is 1. The quantitative estimate of drug-likeness (QED) is 0.587. The van der Waals surface area contributed by atoms with Gasteiger partial charge in [-0.15, -0.1) is 0 Å². The van der Waals surface area contributed by atoms with Gasteiger partial charge < -0.3 is 4.74 Å². The van der Waals surface area contributed by atoms with Crippen molar-refractivity contribution in [1.29, 1.82) is 0 Å². The van der Waals surface area contributed by atoms with E-state index >= 15 is 0 Å². The van der Waals surface area contributed by atoms with Crippen molar-refractivity contribution >= 4 is 5.97 Å². The Morgan fingerprint density at radius 2 is 2.23 bits per heavy atom. The Morgan fingerprint density at radius 1 is 1.54 bits per heavy atom. The van der Waals surface area contributed by atoms with Crippen LogP contribution in [-0.4, -0.2) is 55.2 Å². The zero-order valence-corrected chi connectivity index (χ0v) is 8.62. The Hall–Kier alpha value is -0.610. The molecule has 1 aliphatic heterocycles. The van der Waals surface area contributed by atoms with Gasteiger partial charge in [0.25, 0.3) is 0 Å². The molecular weight excluding hydrogens is 168 g/mol. The smallest absolute Gasteiger partial charge is 0.323 e. The fourth-order valence-electron chi connectivity index (χ4n) is 1.48. The zero-order chi connectivity index (χ0) is 9.84. The van der Waals surface area contributed by atoms with Crippen LogP contribution >= 0.6 is 0 Å². The number of carbonyl (C=O) groups is 1. The monoisotopic (exact) mass is 186 g/mol. The van der Waals surface area contributed by atoms with Gasteiger partial charge in [0.1, 0.15) is 6.04 Å². The van der Waals surface area contributed by atoms with E-state index in [9.17, 15) is 4.79 Å². The van der Waals surface area contributed by atoms with E-state index in [2.05, 4.69) is 16.8 Å². The summed E-state index contributed by atoms with van der Waals surface area (Å²) >= 11 is 0. The van der Waals surface area contributed by atoms with Gasteiger partial charge in [0.05, 0.1) is 13.3 Å². The van der Waals surface area contributed by atoms with E-state index < -0.39 is 0 Å². The van der Waals surface area contributed by atoms with E-state index in [0.717, 1.165) is 19.8 Å². The lowest BCUT2D eigenvalue weighted by molar-refractivity contribution is -0.148. The van der Waals surface area contributed by atoms with Crippen molar-refractivity contribution in [2.24, 2.45) is 0 Å². The largest absolute Gasteiger partial charge is 0.465 e. The normalized spacial score (nSPS) is 21.8. The fourth-order valence-corrected chi connectivity index (χ4v) is 1.48. The summed E-state index contributed by atoms with van der Waals surface area (Å²) in [6, 6.07) is -0.107. The van der Waals surface area contributed by atoms with Crippen LogP contribution in [0.2, 0.25) is 0 Å². The van der Waals surface area contributed by atoms with Gasteiger partial charge in [-0.25, -0.2) is 0 Å². The predicted molar refractivity (Wildman–Crippen MR) is 50.3 cm³/mol. The fraction of sp³-hybridized carbons (Fsp3) is 0.889. The second-order valence-electron chi connectivity index (χ2n) is 3.46. The van der Waals surface area contributed by atoms with Crippen LogP contribution in [0, 0.1) is 0 Å². The van der Waals surface area contributed by atoms with Crippen molar-refractivity contribution in [2.75, 3.05) is 33.4 Å². The van der Waals surface area contributed by atoms with Gasteiger partial charge in [-0.2, -0.15) is 0 Å². The molecule has 4 heteroatoms. The van der Waals surface area contributed by atoms with Crippen molar-refractivity contribution in [2.45, 2.75) is 19.9 Å². The molecule has 1 rings (SSSR count). The highest BCUT2D eigenvalue weighted by molar-refractivity contribution is 5.75. The molecule has 1 atom stereocenters. The van der Waals surface area contributed by atoms with Crippen LogP contribution in [0.25, 0.3) is 0 Å². The van der Waals surface area contributed by atoms with Crippen LogP contribution in [0.1, 0.15) is 13.8 Å². The summed E-state index contributed by atoms with van der Waals surface area (Å²) in [6.45, 7) is 7.05. The van der Waals surface area contributed by atoms with Crippen LogP contribution in [0.3, 0.4) is 0 Å². The van der Waals surface area contributed by atoms with Crippen LogP contribution < -0.4 is 0 Å². The second-order valence-corrected chi connectivity index (χ2v) is 3.46. The molecule has 1 aliphatic rings. The lowest BCUT2D eigenvalue weighted by Crippen LogP contribution is -2.39. The SMILES string of the molecule is CCOC(=O)[C@@H](C)N1CCN(C)C1. The minimum atomic E-state index is -0.113. The molecule has 0 aliphatic carbocycles. The summed E-state index contributed by atoms with van der Waals surface area (Å²) in [5.41, 5.74) is 0. The molecule has 76 valence electrons. The summed E-state index contributed by atoms with van der Waals surface area (Å²) in [5.74, 6) is -0.113. The summed E-state index contributed by atoms with van der Waals surface area (Å²) in [6.07, 6.45) is 0. The van der Waals surface area contributed by atoms with Crippen LogP contribution in [0.4, 0.5) is 0 Å². The topological polar surface area (TPSA) is 32.8 Å². The predicted octanol–water partition coefficient (Wildman–Crippen LogP) is 0.143. The maximum atomic E-state index is 11.4. The maximum absolute atomic E-state index is 11.4. The average molecular weight is 186 g/mol. The highest BCUT2D eigenvalue weighted by Gasteiger charge is 2.26. The van der Waals surface area contributed by atoms with E-state index in [1.165, 1.54) is 0 Å². The number of carbonyl (C=O) groups excluding carboxylic acids is 1. The minimum Gasteiger partial charge on any atom is -0.465 e. The number of hydrogen-bond acceptors (Lipinski definition) is 4. The number of rotatable bonds is 3. The molecule has 1 heterocycles. The molecule has 0 aromatic carbocycles. The third-order valence-corrected chi connectivity index (χ3v) is 2.37. The molecule has 0 amide bonds. The molecule has 0 bridgehead atoms. The third-order valence-electron chi connectivity index (χ3n) is 2.37. The van der Waals surface area contributed by atoms with E-state index in [4.69, 9.17) is 4.74 Å².